The molecule has 0 spiro atoms. The number of rotatable bonds is 3. The van der Waals surface area contributed by atoms with Crippen molar-refractivity contribution in [3.8, 4) is 0 Å². The summed E-state index contributed by atoms with van der Waals surface area (Å²) in [7, 11) is 0. The van der Waals surface area contributed by atoms with Crippen LogP contribution in [0.5, 0.6) is 0 Å². The van der Waals surface area contributed by atoms with E-state index < -0.39 is 17.3 Å². The molecule has 1 unspecified atom stereocenters. The quantitative estimate of drug-likeness (QED) is 0.727. The minimum atomic E-state index is -0.547. The maximum atomic E-state index is 12.0. The molecule has 0 radical (unpaired) electrons. The number of aryl methyl sites for hydroxylation is 1. The van der Waals surface area contributed by atoms with Gasteiger partial charge in [-0.05, 0) is 63.3 Å². The molecule has 1 aliphatic rings. The van der Waals surface area contributed by atoms with E-state index in [-0.39, 0.29) is 11.1 Å². The lowest BCUT2D eigenvalue weighted by Gasteiger charge is -2.28. The molecule has 0 bridgehead atoms. The first kappa shape index (κ1) is 19.2. The van der Waals surface area contributed by atoms with E-state index in [1.165, 1.54) is 6.20 Å². The van der Waals surface area contributed by atoms with E-state index >= 15 is 0 Å². The fraction of sp³-hybridized carbons (Fsp3) is 0.421. The van der Waals surface area contributed by atoms with Crippen LogP contribution >= 0.6 is 11.6 Å². The van der Waals surface area contributed by atoms with Crippen molar-refractivity contribution in [2.75, 3.05) is 10.6 Å². The van der Waals surface area contributed by atoms with Crippen molar-refractivity contribution in [1.29, 1.82) is 0 Å². The predicted octanol–water partition coefficient (Wildman–Crippen LogP) is 4.26. The summed E-state index contributed by atoms with van der Waals surface area (Å²) in [4.78, 5) is 23.6. The summed E-state index contributed by atoms with van der Waals surface area (Å²) in [6.07, 6.45) is 3.84. The summed E-state index contributed by atoms with van der Waals surface area (Å²) >= 11 is 6.07. The third-order valence-electron chi connectivity index (χ3n) is 4.23. The summed E-state index contributed by atoms with van der Waals surface area (Å²) in [5.41, 5.74) is 2.49. The lowest BCUT2D eigenvalue weighted by Crippen LogP contribution is -2.27. The van der Waals surface area contributed by atoms with Gasteiger partial charge < -0.3 is 10.1 Å². The molecule has 0 saturated carbocycles. The fourth-order valence-corrected chi connectivity index (χ4v) is 3.28. The van der Waals surface area contributed by atoms with Crippen molar-refractivity contribution in [2.45, 2.75) is 51.7 Å². The van der Waals surface area contributed by atoms with Crippen LogP contribution in [0, 0.1) is 0 Å². The molecule has 1 aromatic heterocycles. The number of aromatic nitrogens is 2. The van der Waals surface area contributed by atoms with Crippen LogP contribution in [0.15, 0.2) is 29.2 Å². The highest BCUT2D eigenvalue weighted by Gasteiger charge is 2.22. The van der Waals surface area contributed by atoms with Gasteiger partial charge in [-0.15, -0.1) is 0 Å². The van der Waals surface area contributed by atoms with Crippen LogP contribution < -0.4 is 16.2 Å². The molecule has 0 aliphatic heterocycles. The number of carbonyl (C=O) groups is 1. The van der Waals surface area contributed by atoms with Gasteiger partial charge in [-0.2, -0.15) is 5.10 Å². The Morgan fingerprint density at radius 3 is 2.89 bits per heavy atom. The molecule has 27 heavy (non-hydrogen) atoms. The number of amides is 1. The van der Waals surface area contributed by atoms with Crippen LogP contribution in [0.4, 0.5) is 16.2 Å². The number of nitrogens with zero attached hydrogens (tertiary/aromatic N) is 1. The number of aromatic amines is 1. The Morgan fingerprint density at radius 2 is 2.15 bits per heavy atom. The smallest absolute Gasteiger partial charge is 0.412 e. The first-order valence-electron chi connectivity index (χ1n) is 8.85. The molecule has 1 aliphatic carbocycles. The highest BCUT2D eigenvalue weighted by molar-refractivity contribution is 6.32. The first-order chi connectivity index (χ1) is 12.7. The zero-order chi connectivity index (χ0) is 19.6. The topological polar surface area (TPSA) is 96.1 Å². The van der Waals surface area contributed by atoms with E-state index in [1.54, 1.807) is 0 Å². The SMILES string of the molecule is CC(C)(C)OC(=O)Nc1ccc2c(c1)CCCC2Nc1cn[nH]c(=O)c1Cl. The molecule has 1 atom stereocenters. The molecule has 8 heteroatoms. The van der Waals surface area contributed by atoms with Gasteiger partial charge in [-0.25, -0.2) is 9.89 Å². The molecule has 1 aromatic carbocycles. The van der Waals surface area contributed by atoms with Gasteiger partial charge in [0.25, 0.3) is 5.56 Å². The molecule has 2 aromatic rings. The number of hydrogen-bond donors (Lipinski definition) is 3. The predicted molar refractivity (Wildman–Crippen MR) is 105 cm³/mol. The zero-order valence-corrected chi connectivity index (χ0v) is 16.3. The van der Waals surface area contributed by atoms with Crippen LogP contribution in [0.1, 0.15) is 50.8 Å². The fourth-order valence-electron chi connectivity index (χ4n) is 3.14. The average molecular weight is 391 g/mol. The highest BCUT2D eigenvalue weighted by Crippen LogP contribution is 2.34. The van der Waals surface area contributed by atoms with Crippen LogP contribution in [-0.4, -0.2) is 21.9 Å². The minimum Gasteiger partial charge on any atom is -0.444 e. The Labute approximate surface area is 162 Å². The van der Waals surface area contributed by atoms with Crippen molar-refractivity contribution in [2.24, 2.45) is 0 Å². The molecule has 3 rings (SSSR count). The van der Waals surface area contributed by atoms with Crippen LogP contribution in [0.3, 0.4) is 0 Å². The third-order valence-corrected chi connectivity index (χ3v) is 4.60. The van der Waals surface area contributed by atoms with Crippen molar-refractivity contribution in [3.05, 3.63) is 50.9 Å². The maximum absolute atomic E-state index is 12.0. The van der Waals surface area contributed by atoms with E-state index in [4.69, 9.17) is 16.3 Å². The summed E-state index contributed by atoms with van der Waals surface area (Å²) < 4.78 is 5.29. The standard InChI is InChI=1S/C19H23ClN4O3/c1-19(2,3)27-18(26)22-12-7-8-13-11(9-12)5-4-6-14(13)23-15-10-21-24-17(25)16(15)20/h7-10,14H,4-6H2,1-3H3,(H,22,26)(H2,23,24,25). The number of benzene rings is 1. The molecule has 1 amide bonds. The number of H-pyrrole nitrogens is 1. The summed E-state index contributed by atoms with van der Waals surface area (Å²) in [5.74, 6) is 0. The van der Waals surface area contributed by atoms with Gasteiger partial charge in [0.15, 0.2) is 0 Å². The second-order valence-corrected chi connectivity index (χ2v) is 7.93. The summed E-state index contributed by atoms with van der Waals surface area (Å²) in [6.45, 7) is 5.47. The molecule has 0 fully saturated rings. The van der Waals surface area contributed by atoms with Gasteiger partial charge in [0.05, 0.1) is 17.9 Å². The Hall–Kier alpha value is -2.54. The number of anilines is 2. The van der Waals surface area contributed by atoms with Gasteiger partial charge in [0, 0.05) is 5.69 Å². The Kier molecular flexibility index (Phi) is 5.41. The van der Waals surface area contributed by atoms with E-state index in [2.05, 4.69) is 20.8 Å². The second-order valence-electron chi connectivity index (χ2n) is 7.56. The van der Waals surface area contributed by atoms with Crippen molar-refractivity contribution in [1.82, 2.24) is 10.2 Å². The number of nitrogens with one attached hydrogen (secondary N) is 3. The number of ether oxygens (including phenoxy) is 1. The lowest BCUT2D eigenvalue weighted by atomic mass is 9.87. The Morgan fingerprint density at radius 1 is 1.37 bits per heavy atom. The van der Waals surface area contributed by atoms with Gasteiger partial charge >= 0.3 is 6.09 Å². The average Bonchev–Trinajstić information content (AvgIpc) is 2.57. The molecule has 3 N–H and O–H groups in total. The first-order valence-corrected chi connectivity index (χ1v) is 9.23. The lowest BCUT2D eigenvalue weighted by molar-refractivity contribution is 0.0636. The van der Waals surface area contributed by atoms with Gasteiger partial charge in [-0.1, -0.05) is 17.7 Å². The van der Waals surface area contributed by atoms with Crippen LogP contribution in [0.25, 0.3) is 0 Å². The van der Waals surface area contributed by atoms with Crippen molar-refractivity contribution >= 4 is 29.1 Å². The van der Waals surface area contributed by atoms with Crippen molar-refractivity contribution < 1.29 is 9.53 Å². The van der Waals surface area contributed by atoms with E-state index in [0.717, 1.165) is 30.4 Å². The monoisotopic (exact) mass is 390 g/mol. The summed E-state index contributed by atoms with van der Waals surface area (Å²) in [5, 5.41) is 12.3. The Balaban J connectivity index is 1.77. The molecule has 7 nitrogen and oxygen atoms in total. The van der Waals surface area contributed by atoms with E-state index in [0.29, 0.717) is 11.4 Å². The molecule has 1 heterocycles. The minimum absolute atomic E-state index is 0.0189. The number of fused-ring (bicyclic) bond motifs is 1. The number of hydrogen-bond acceptors (Lipinski definition) is 5. The van der Waals surface area contributed by atoms with E-state index in [1.807, 2.05) is 39.0 Å². The van der Waals surface area contributed by atoms with Gasteiger partial charge in [0.2, 0.25) is 0 Å². The second kappa shape index (κ2) is 7.60. The largest absolute Gasteiger partial charge is 0.444 e. The Bertz CT molecular complexity index is 905. The van der Waals surface area contributed by atoms with Crippen LogP contribution in [-0.2, 0) is 11.2 Å². The number of halogens is 1. The van der Waals surface area contributed by atoms with E-state index in [9.17, 15) is 9.59 Å². The van der Waals surface area contributed by atoms with Gasteiger partial charge in [-0.3, -0.25) is 10.1 Å². The zero-order valence-electron chi connectivity index (χ0n) is 15.6. The molecular weight excluding hydrogens is 368 g/mol. The third kappa shape index (κ3) is 4.80. The normalized spacial score (nSPS) is 16.4. The maximum Gasteiger partial charge on any atom is 0.412 e. The van der Waals surface area contributed by atoms with Crippen molar-refractivity contribution in [3.63, 3.8) is 0 Å². The van der Waals surface area contributed by atoms with Gasteiger partial charge in [0.1, 0.15) is 10.6 Å². The molecule has 0 saturated heterocycles. The molecule has 144 valence electrons. The summed E-state index contributed by atoms with van der Waals surface area (Å²) in [6, 6.07) is 5.81. The number of carbonyl (C=O) groups excluding carboxylic acids is 1. The van der Waals surface area contributed by atoms with Crippen LogP contribution in [0.2, 0.25) is 5.02 Å². The molecular formula is C19H23ClN4O3. The highest BCUT2D eigenvalue weighted by atomic mass is 35.5.